The highest BCUT2D eigenvalue weighted by Gasteiger charge is 2.21. The second kappa shape index (κ2) is 11.7. The second-order valence-electron chi connectivity index (χ2n) is 6.72. The van der Waals surface area contributed by atoms with Gasteiger partial charge in [-0.2, -0.15) is 0 Å². The van der Waals surface area contributed by atoms with Gasteiger partial charge in [0.25, 0.3) is 0 Å². The quantitative estimate of drug-likeness (QED) is 0.272. The molecule has 2 heterocycles. The van der Waals surface area contributed by atoms with Crippen molar-refractivity contribution in [3.8, 4) is 0 Å². The summed E-state index contributed by atoms with van der Waals surface area (Å²) in [6.07, 6.45) is 5.43. The van der Waals surface area contributed by atoms with Crippen LogP contribution in [0.25, 0.3) is 0 Å². The smallest absolute Gasteiger partial charge is 0.243 e. The number of halogens is 1. The Hall–Kier alpha value is -1.91. The first kappa shape index (κ1) is 23.1. The number of guanidine groups is 1. The number of carbonyl (C=O) groups is 1. The molecule has 0 aromatic carbocycles. The second-order valence-corrected chi connectivity index (χ2v) is 6.72. The lowest BCUT2D eigenvalue weighted by Crippen LogP contribution is -2.49. The number of piperidine rings is 1. The highest BCUT2D eigenvalue weighted by Crippen LogP contribution is 2.15. The summed E-state index contributed by atoms with van der Waals surface area (Å²) in [6.45, 7) is 8.36. The molecule has 2 rings (SSSR count). The maximum atomic E-state index is 11.8. The molecule has 0 spiro atoms. The average Bonchev–Trinajstić information content (AvgIpc) is 2.64. The Bertz CT molecular complexity index is 628. The third-order valence-electron chi connectivity index (χ3n) is 4.10. The molecule has 1 aliphatic heterocycles. The lowest BCUT2D eigenvalue weighted by atomic mass is 10.1. The van der Waals surface area contributed by atoms with Gasteiger partial charge in [0.15, 0.2) is 5.96 Å². The molecule has 1 aromatic heterocycles. The normalized spacial score (nSPS) is 14.9. The number of hydrogen-bond donors (Lipinski definition) is 2. The summed E-state index contributed by atoms with van der Waals surface area (Å²) in [5, 5.41) is 6.67. The third kappa shape index (κ3) is 8.10. The fourth-order valence-electron chi connectivity index (χ4n) is 2.55. The van der Waals surface area contributed by atoms with Crippen LogP contribution in [-0.2, 0) is 4.79 Å². The van der Waals surface area contributed by atoms with E-state index in [9.17, 15) is 4.79 Å². The van der Waals surface area contributed by atoms with Crippen molar-refractivity contribution >= 4 is 41.8 Å². The molecule has 1 aromatic rings. The van der Waals surface area contributed by atoms with E-state index in [0.29, 0.717) is 18.5 Å². The van der Waals surface area contributed by atoms with Gasteiger partial charge >= 0.3 is 0 Å². The zero-order chi connectivity index (χ0) is 18.9. The first-order valence-electron chi connectivity index (χ1n) is 8.87. The number of carbonyl (C=O) groups excluding carboxylic acids is 1. The van der Waals surface area contributed by atoms with Gasteiger partial charge in [0.2, 0.25) is 11.9 Å². The number of aliphatic imine (C=N–C) groups is 1. The van der Waals surface area contributed by atoms with Gasteiger partial charge in [0.05, 0.1) is 0 Å². The Morgan fingerprint density at radius 3 is 2.52 bits per heavy atom. The van der Waals surface area contributed by atoms with Gasteiger partial charge < -0.3 is 20.4 Å². The SMILES string of the molecule is C=C(C)CNC(=NCC(=O)N(C)C)NC1CCN(c2ncccn2)CC1.I. The molecule has 0 radical (unpaired) electrons. The molecule has 27 heavy (non-hydrogen) atoms. The molecule has 0 atom stereocenters. The summed E-state index contributed by atoms with van der Waals surface area (Å²) in [5.74, 6) is 1.40. The number of likely N-dealkylation sites (N-methyl/N-ethyl adjacent to an activating group) is 1. The summed E-state index contributed by atoms with van der Waals surface area (Å²) in [5.41, 5.74) is 1.01. The predicted molar refractivity (Wildman–Crippen MR) is 120 cm³/mol. The van der Waals surface area contributed by atoms with Crippen molar-refractivity contribution in [1.82, 2.24) is 25.5 Å². The summed E-state index contributed by atoms with van der Waals surface area (Å²) in [4.78, 5) is 28.6. The minimum absolute atomic E-state index is 0. The van der Waals surface area contributed by atoms with Gasteiger partial charge in [-0.15, -0.1) is 24.0 Å². The minimum Gasteiger partial charge on any atom is -0.354 e. The van der Waals surface area contributed by atoms with Crippen molar-refractivity contribution in [1.29, 1.82) is 0 Å². The topological polar surface area (TPSA) is 85.8 Å². The van der Waals surface area contributed by atoms with Crippen LogP contribution in [0, 0.1) is 0 Å². The van der Waals surface area contributed by atoms with E-state index in [4.69, 9.17) is 0 Å². The lowest BCUT2D eigenvalue weighted by Gasteiger charge is -2.33. The minimum atomic E-state index is -0.0301. The zero-order valence-electron chi connectivity index (χ0n) is 16.3. The van der Waals surface area contributed by atoms with Crippen LogP contribution in [0.1, 0.15) is 19.8 Å². The summed E-state index contributed by atoms with van der Waals surface area (Å²) < 4.78 is 0. The maximum absolute atomic E-state index is 11.8. The van der Waals surface area contributed by atoms with Crippen molar-refractivity contribution in [3.63, 3.8) is 0 Å². The van der Waals surface area contributed by atoms with Gasteiger partial charge in [-0.05, 0) is 25.8 Å². The number of nitrogens with zero attached hydrogens (tertiary/aromatic N) is 5. The Labute approximate surface area is 178 Å². The Balaban J connectivity index is 0.00000364. The first-order chi connectivity index (χ1) is 12.5. The van der Waals surface area contributed by atoms with E-state index in [1.54, 1.807) is 26.5 Å². The Morgan fingerprint density at radius 2 is 1.96 bits per heavy atom. The van der Waals surface area contributed by atoms with Gasteiger partial charge in [0.1, 0.15) is 6.54 Å². The summed E-state index contributed by atoms with van der Waals surface area (Å²) in [6, 6.07) is 2.11. The number of aromatic nitrogens is 2. The maximum Gasteiger partial charge on any atom is 0.243 e. The molecule has 0 bridgehead atoms. The van der Waals surface area contributed by atoms with Crippen LogP contribution in [-0.4, -0.2) is 73.1 Å². The molecule has 1 saturated heterocycles. The van der Waals surface area contributed by atoms with Crippen molar-refractivity contribution in [2.75, 3.05) is 45.2 Å². The van der Waals surface area contributed by atoms with Crippen LogP contribution >= 0.6 is 24.0 Å². The predicted octanol–water partition coefficient (Wildman–Crippen LogP) is 1.26. The van der Waals surface area contributed by atoms with E-state index < -0.39 is 0 Å². The summed E-state index contributed by atoms with van der Waals surface area (Å²) >= 11 is 0. The van der Waals surface area contributed by atoms with Crippen LogP contribution < -0.4 is 15.5 Å². The average molecular weight is 487 g/mol. The van der Waals surface area contributed by atoms with Crippen molar-refractivity contribution in [2.24, 2.45) is 4.99 Å². The molecular weight excluding hydrogens is 457 g/mol. The highest BCUT2D eigenvalue weighted by molar-refractivity contribution is 14.0. The number of nitrogens with one attached hydrogen (secondary N) is 2. The van der Waals surface area contributed by atoms with E-state index >= 15 is 0 Å². The third-order valence-corrected chi connectivity index (χ3v) is 4.10. The van der Waals surface area contributed by atoms with E-state index in [0.717, 1.165) is 37.5 Å². The molecule has 150 valence electrons. The number of amides is 1. The molecule has 8 nitrogen and oxygen atoms in total. The molecule has 0 unspecified atom stereocenters. The molecule has 1 aliphatic rings. The molecule has 0 saturated carbocycles. The number of rotatable bonds is 6. The monoisotopic (exact) mass is 487 g/mol. The Morgan fingerprint density at radius 1 is 1.33 bits per heavy atom. The molecule has 1 amide bonds. The fourth-order valence-corrected chi connectivity index (χ4v) is 2.55. The summed E-state index contributed by atoms with van der Waals surface area (Å²) in [7, 11) is 3.46. The largest absolute Gasteiger partial charge is 0.354 e. The number of anilines is 1. The van der Waals surface area contributed by atoms with Gasteiger partial charge in [-0.3, -0.25) is 4.79 Å². The van der Waals surface area contributed by atoms with Crippen molar-refractivity contribution in [2.45, 2.75) is 25.8 Å². The van der Waals surface area contributed by atoms with Crippen molar-refractivity contribution in [3.05, 3.63) is 30.6 Å². The van der Waals surface area contributed by atoms with E-state index in [1.165, 1.54) is 4.90 Å². The van der Waals surface area contributed by atoms with Crippen LogP contribution in [0.3, 0.4) is 0 Å². The molecule has 2 N–H and O–H groups in total. The van der Waals surface area contributed by atoms with Crippen LogP contribution in [0.2, 0.25) is 0 Å². The molecule has 0 aliphatic carbocycles. The van der Waals surface area contributed by atoms with Gasteiger partial charge in [0, 0.05) is 52.2 Å². The van der Waals surface area contributed by atoms with Crippen LogP contribution in [0.15, 0.2) is 35.6 Å². The highest BCUT2D eigenvalue weighted by atomic mass is 127. The van der Waals surface area contributed by atoms with Gasteiger partial charge in [-0.25, -0.2) is 15.0 Å². The van der Waals surface area contributed by atoms with E-state index in [1.807, 2.05) is 13.0 Å². The zero-order valence-corrected chi connectivity index (χ0v) is 18.6. The van der Waals surface area contributed by atoms with Crippen LogP contribution in [0.4, 0.5) is 5.95 Å². The molecular formula is C18H30IN7O. The van der Waals surface area contributed by atoms with E-state index in [-0.39, 0.29) is 36.4 Å². The lowest BCUT2D eigenvalue weighted by molar-refractivity contribution is -0.127. The number of hydrogen-bond acceptors (Lipinski definition) is 5. The van der Waals surface area contributed by atoms with Crippen molar-refractivity contribution < 1.29 is 4.79 Å². The molecule has 1 fully saturated rings. The standard InChI is InChI=1S/C18H29N7O.HI/c1-14(2)12-21-17(22-13-16(26)24(3)4)23-15-6-10-25(11-7-15)18-19-8-5-9-20-18;/h5,8-9,15H,1,6-7,10-13H2,2-4H3,(H2,21,22,23);1H. The first-order valence-corrected chi connectivity index (χ1v) is 8.87. The fraction of sp³-hybridized carbons (Fsp3) is 0.556. The molecule has 9 heteroatoms. The Kier molecular flexibility index (Phi) is 10.0. The van der Waals surface area contributed by atoms with E-state index in [2.05, 4.69) is 37.1 Å². The van der Waals surface area contributed by atoms with Crippen LogP contribution in [0.5, 0.6) is 0 Å². The van der Waals surface area contributed by atoms with Gasteiger partial charge in [-0.1, -0.05) is 12.2 Å².